The van der Waals surface area contributed by atoms with Gasteiger partial charge in [0.1, 0.15) is 10.0 Å². The van der Waals surface area contributed by atoms with Gasteiger partial charge in [0, 0.05) is 7.05 Å². The molecule has 9 heteroatoms. The van der Waals surface area contributed by atoms with E-state index in [2.05, 4.69) is 9.82 Å². The van der Waals surface area contributed by atoms with E-state index in [1.165, 1.54) is 30.8 Å². The molecule has 0 aliphatic carbocycles. The van der Waals surface area contributed by atoms with Crippen LogP contribution < -0.4 is 4.72 Å². The summed E-state index contributed by atoms with van der Waals surface area (Å²) in [5.41, 5.74) is 1.49. The monoisotopic (exact) mass is 405 g/mol. The Kier molecular flexibility index (Phi) is 4.95. The summed E-state index contributed by atoms with van der Waals surface area (Å²) in [5, 5.41) is 13.4. The van der Waals surface area contributed by atoms with Crippen LogP contribution in [0.5, 0.6) is 0 Å². The molecule has 140 valence electrons. The highest BCUT2D eigenvalue weighted by atomic mass is 35.5. The minimum absolute atomic E-state index is 0.0526. The highest BCUT2D eigenvalue weighted by Gasteiger charge is 2.27. The number of halogens is 1. The highest BCUT2D eigenvalue weighted by molar-refractivity contribution is 7.92. The van der Waals surface area contributed by atoms with Gasteiger partial charge in [-0.3, -0.25) is 9.40 Å². The van der Waals surface area contributed by atoms with E-state index in [-0.39, 0.29) is 27.0 Å². The number of aromatic nitrogens is 2. The van der Waals surface area contributed by atoms with Crippen LogP contribution in [0.15, 0.2) is 53.4 Å². The normalized spacial score (nSPS) is 11.4. The fraction of sp³-hybridized carbons (Fsp3) is 0.111. The van der Waals surface area contributed by atoms with E-state index in [9.17, 15) is 18.3 Å². The average Bonchev–Trinajstić information content (AvgIpc) is 2.87. The maximum atomic E-state index is 12.8. The third-order valence-electron chi connectivity index (χ3n) is 3.97. The second kappa shape index (κ2) is 7.05. The Balaban J connectivity index is 2.11. The van der Waals surface area contributed by atoms with Gasteiger partial charge in [0.2, 0.25) is 0 Å². The number of carbonyl (C=O) groups is 1. The Bertz CT molecular complexity index is 1130. The van der Waals surface area contributed by atoms with Gasteiger partial charge in [0.15, 0.2) is 0 Å². The Labute approximate surface area is 161 Å². The lowest BCUT2D eigenvalue weighted by Gasteiger charge is -2.12. The number of rotatable bonds is 5. The van der Waals surface area contributed by atoms with Crippen LogP contribution in [-0.4, -0.2) is 29.3 Å². The molecule has 2 aromatic carbocycles. The second-order valence-corrected chi connectivity index (χ2v) is 7.84. The molecule has 7 nitrogen and oxygen atoms in total. The predicted molar refractivity (Wildman–Crippen MR) is 103 cm³/mol. The van der Waals surface area contributed by atoms with Gasteiger partial charge >= 0.3 is 5.97 Å². The summed E-state index contributed by atoms with van der Waals surface area (Å²) in [6.07, 6.45) is 0. The molecule has 0 aliphatic rings. The van der Waals surface area contributed by atoms with E-state index in [1.54, 1.807) is 6.07 Å². The second-order valence-electron chi connectivity index (χ2n) is 5.87. The third kappa shape index (κ3) is 3.67. The van der Waals surface area contributed by atoms with Crippen molar-refractivity contribution in [1.82, 2.24) is 9.78 Å². The molecule has 0 saturated carbocycles. The molecule has 0 spiro atoms. The van der Waals surface area contributed by atoms with Gasteiger partial charge in [0.25, 0.3) is 10.0 Å². The van der Waals surface area contributed by atoms with Crippen LogP contribution in [0.1, 0.15) is 16.1 Å². The number of carboxylic acids is 1. The van der Waals surface area contributed by atoms with Crippen molar-refractivity contribution in [2.75, 3.05) is 4.72 Å². The number of nitrogens with zero attached hydrogens (tertiary/aromatic N) is 2. The summed E-state index contributed by atoms with van der Waals surface area (Å²) in [5.74, 6) is -1.25. The van der Waals surface area contributed by atoms with Crippen LogP contribution >= 0.6 is 11.6 Å². The lowest BCUT2D eigenvalue weighted by Crippen LogP contribution is -2.16. The summed E-state index contributed by atoms with van der Waals surface area (Å²) >= 11 is 6.06. The number of aryl methyl sites for hydroxylation is 2. The van der Waals surface area contributed by atoms with Crippen molar-refractivity contribution in [3.63, 3.8) is 0 Å². The molecular weight excluding hydrogens is 390 g/mol. The topological polar surface area (TPSA) is 101 Å². The van der Waals surface area contributed by atoms with E-state index < -0.39 is 16.0 Å². The first kappa shape index (κ1) is 18.9. The molecular formula is C18H16ClN3O4S. The maximum Gasteiger partial charge on any atom is 0.337 e. The molecule has 0 fully saturated rings. The zero-order chi connectivity index (χ0) is 19.8. The van der Waals surface area contributed by atoms with Gasteiger partial charge < -0.3 is 5.11 Å². The van der Waals surface area contributed by atoms with Crippen LogP contribution in [-0.2, 0) is 17.1 Å². The summed E-state index contributed by atoms with van der Waals surface area (Å²) in [7, 11) is -2.62. The van der Waals surface area contributed by atoms with Crippen LogP contribution in [0.25, 0.3) is 11.1 Å². The van der Waals surface area contributed by atoms with Gasteiger partial charge in [-0.25, -0.2) is 13.2 Å². The lowest BCUT2D eigenvalue weighted by atomic mass is 10.0. The molecule has 0 aliphatic heterocycles. The molecule has 0 saturated heterocycles. The zero-order valence-corrected chi connectivity index (χ0v) is 16.0. The molecule has 1 heterocycles. The van der Waals surface area contributed by atoms with Crippen molar-refractivity contribution in [3.05, 3.63) is 64.9 Å². The first-order valence-electron chi connectivity index (χ1n) is 7.85. The number of benzene rings is 2. The number of aromatic carboxylic acids is 1. The Morgan fingerprint density at radius 1 is 1.15 bits per heavy atom. The standard InChI is InChI=1S/C18H16ClN3O4S/c1-11-16(17(19)22(2)20-11)27(25,26)21-15-10-13(8-9-14(15)18(23)24)12-6-4-3-5-7-12/h3-10,21H,1-2H3,(H,23,24). The van der Waals surface area contributed by atoms with E-state index in [0.717, 1.165) is 5.56 Å². The van der Waals surface area contributed by atoms with Gasteiger partial charge in [0.05, 0.1) is 16.9 Å². The van der Waals surface area contributed by atoms with E-state index in [0.29, 0.717) is 5.56 Å². The molecule has 1 aromatic heterocycles. The van der Waals surface area contributed by atoms with Gasteiger partial charge in [-0.2, -0.15) is 5.10 Å². The van der Waals surface area contributed by atoms with Crippen molar-refractivity contribution >= 4 is 33.3 Å². The highest BCUT2D eigenvalue weighted by Crippen LogP contribution is 2.30. The molecule has 3 aromatic rings. The molecule has 2 N–H and O–H groups in total. The first-order chi connectivity index (χ1) is 12.7. The van der Waals surface area contributed by atoms with Crippen LogP contribution in [0, 0.1) is 6.92 Å². The fourth-order valence-electron chi connectivity index (χ4n) is 2.74. The summed E-state index contributed by atoms with van der Waals surface area (Å²) in [4.78, 5) is 11.4. The van der Waals surface area contributed by atoms with Crippen LogP contribution in [0.2, 0.25) is 5.15 Å². The van der Waals surface area contributed by atoms with E-state index in [1.807, 2.05) is 30.3 Å². The molecule has 27 heavy (non-hydrogen) atoms. The van der Waals surface area contributed by atoms with Gasteiger partial charge in [-0.1, -0.05) is 48.0 Å². The zero-order valence-electron chi connectivity index (χ0n) is 14.5. The molecule has 0 atom stereocenters. The molecule has 0 amide bonds. The third-order valence-corrected chi connectivity index (χ3v) is 6.03. The first-order valence-corrected chi connectivity index (χ1v) is 9.71. The number of nitrogens with one attached hydrogen (secondary N) is 1. The maximum absolute atomic E-state index is 12.8. The Morgan fingerprint density at radius 3 is 2.37 bits per heavy atom. The summed E-state index contributed by atoms with van der Waals surface area (Å²) in [6, 6.07) is 13.7. The SMILES string of the molecule is Cc1nn(C)c(Cl)c1S(=O)(=O)Nc1cc(-c2ccccc2)ccc1C(=O)O. The number of anilines is 1. The minimum Gasteiger partial charge on any atom is -0.478 e. The smallest absolute Gasteiger partial charge is 0.337 e. The quantitative estimate of drug-likeness (QED) is 0.675. The Hall–Kier alpha value is -2.84. The molecule has 0 radical (unpaired) electrons. The number of sulfonamides is 1. The average molecular weight is 406 g/mol. The lowest BCUT2D eigenvalue weighted by molar-refractivity contribution is 0.0698. The van der Waals surface area contributed by atoms with E-state index >= 15 is 0 Å². The number of carboxylic acid groups (broad SMARTS) is 1. The minimum atomic E-state index is -4.14. The van der Waals surface area contributed by atoms with Gasteiger partial charge in [-0.15, -0.1) is 0 Å². The van der Waals surface area contributed by atoms with Crippen molar-refractivity contribution in [2.24, 2.45) is 7.05 Å². The van der Waals surface area contributed by atoms with Crippen molar-refractivity contribution in [3.8, 4) is 11.1 Å². The summed E-state index contributed by atoms with van der Waals surface area (Å²) in [6.45, 7) is 1.51. The predicted octanol–water partition coefficient (Wildman–Crippen LogP) is 3.55. The van der Waals surface area contributed by atoms with Crippen LogP contribution in [0.3, 0.4) is 0 Å². The Morgan fingerprint density at radius 2 is 1.81 bits per heavy atom. The van der Waals surface area contributed by atoms with Crippen molar-refractivity contribution in [2.45, 2.75) is 11.8 Å². The molecule has 0 unspecified atom stereocenters. The number of hydrogen-bond donors (Lipinski definition) is 2. The molecule has 0 bridgehead atoms. The largest absolute Gasteiger partial charge is 0.478 e. The van der Waals surface area contributed by atoms with Crippen molar-refractivity contribution in [1.29, 1.82) is 0 Å². The molecule has 3 rings (SSSR count). The fourth-order valence-corrected chi connectivity index (χ4v) is 4.56. The number of hydrogen-bond acceptors (Lipinski definition) is 4. The summed E-state index contributed by atoms with van der Waals surface area (Å²) < 4.78 is 29.3. The van der Waals surface area contributed by atoms with Gasteiger partial charge in [-0.05, 0) is 30.2 Å². The van der Waals surface area contributed by atoms with Crippen molar-refractivity contribution < 1.29 is 18.3 Å². The van der Waals surface area contributed by atoms with Crippen LogP contribution in [0.4, 0.5) is 5.69 Å². The van der Waals surface area contributed by atoms with E-state index in [4.69, 9.17) is 11.6 Å².